The van der Waals surface area contributed by atoms with Crippen molar-refractivity contribution >= 4 is 11.8 Å². The molecule has 0 fully saturated rings. The van der Waals surface area contributed by atoms with Gasteiger partial charge in [0.2, 0.25) is 0 Å². The summed E-state index contributed by atoms with van der Waals surface area (Å²) in [6.45, 7) is 3.60. The molecular formula is C13H19N3O4. The van der Waals surface area contributed by atoms with E-state index < -0.39 is 23.9 Å². The van der Waals surface area contributed by atoms with Gasteiger partial charge in [-0.05, 0) is 30.2 Å². The molecule has 110 valence electrons. The number of nitrogens with two attached hydrogens (primary N) is 1. The quantitative estimate of drug-likeness (QED) is 0.383. The number of hydrogen-bond donors (Lipinski definition) is 5. The number of nitrogens with one attached hydrogen (secondary N) is 2. The van der Waals surface area contributed by atoms with E-state index in [9.17, 15) is 9.59 Å². The number of rotatable bonds is 5. The van der Waals surface area contributed by atoms with Crippen LogP contribution in [0.25, 0.3) is 0 Å². The lowest BCUT2D eigenvalue weighted by atomic mass is 9.96. The smallest absolute Gasteiger partial charge is 0.267 e. The van der Waals surface area contributed by atoms with E-state index in [4.69, 9.17) is 16.0 Å². The maximum absolute atomic E-state index is 12.0. The summed E-state index contributed by atoms with van der Waals surface area (Å²) in [5.74, 6) is -1.34. The van der Waals surface area contributed by atoms with E-state index >= 15 is 0 Å². The van der Waals surface area contributed by atoms with Crippen LogP contribution >= 0.6 is 0 Å². The topological polar surface area (TPSA) is 125 Å². The van der Waals surface area contributed by atoms with Crippen molar-refractivity contribution in [3.63, 3.8) is 0 Å². The van der Waals surface area contributed by atoms with Crippen molar-refractivity contribution in [1.82, 2.24) is 10.8 Å². The second-order valence-electron chi connectivity index (χ2n) is 4.80. The Labute approximate surface area is 116 Å². The lowest BCUT2D eigenvalue weighted by Gasteiger charge is -2.25. The van der Waals surface area contributed by atoms with Crippen LogP contribution in [-0.4, -0.2) is 34.2 Å². The highest BCUT2D eigenvalue weighted by molar-refractivity contribution is 5.97. The fraction of sp³-hybridized carbons (Fsp3) is 0.385. The summed E-state index contributed by atoms with van der Waals surface area (Å²) >= 11 is 0. The van der Waals surface area contributed by atoms with Crippen LogP contribution < -0.4 is 16.5 Å². The molecule has 0 spiro atoms. The predicted octanol–water partition coefficient (Wildman–Crippen LogP) is -0.0207. The molecule has 6 N–H and O–H groups in total. The number of carbonyl (C=O) groups is 2. The lowest BCUT2D eigenvalue weighted by molar-refractivity contribution is -0.132. The van der Waals surface area contributed by atoms with Gasteiger partial charge in [-0.3, -0.25) is 14.8 Å². The number of phenols is 1. The molecule has 0 unspecified atom stereocenters. The molecule has 7 nitrogen and oxygen atoms in total. The SMILES string of the molecule is CC(C)[C@H](N)[C@@H](NC(=O)c1ccc(O)cc1)C(=O)NO. The Morgan fingerprint density at radius 1 is 1.20 bits per heavy atom. The summed E-state index contributed by atoms with van der Waals surface area (Å²) < 4.78 is 0. The fourth-order valence-electron chi connectivity index (χ4n) is 1.63. The van der Waals surface area contributed by atoms with Gasteiger partial charge in [-0.2, -0.15) is 0 Å². The standard InChI is InChI=1S/C13H19N3O4/c1-7(2)10(14)11(13(19)16-20)15-12(18)8-3-5-9(17)6-4-8/h3-7,10-11,17,20H,14H2,1-2H3,(H,15,18)(H,16,19)/t10-,11+/m0/s1. The zero-order valence-corrected chi connectivity index (χ0v) is 11.3. The van der Waals surface area contributed by atoms with Gasteiger partial charge in [-0.25, -0.2) is 5.48 Å². The van der Waals surface area contributed by atoms with E-state index in [0.29, 0.717) is 0 Å². The van der Waals surface area contributed by atoms with Crippen LogP contribution in [0.1, 0.15) is 24.2 Å². The highest BCUT2D eigenvalue weighted by Crippen LogP contribution is 2.11. The summed E-state index contributed by atoms with van der Waals surface area (Å²) in [6.07, 6.45) is 0. The molecule has 0 saturated heterocycles. The molecule has 1 rings (SSSR count). The fourth-order valence-corrected chi connectivity index (χ4v) is 1.63. The molecule has 1 aromatic carbocycles. The molecule has 0 aliphatic rings. The van der Waals surface area contributed by atoms with Crippen molar-refractivity contribution in [1.29, 1.82) is 0 Å². The molecule has 0 aliphatic carbocycles. The van der Waals surface area contributed by atoms with E-state index in [-0.39, 0.29) is 17.2 Å². The zero-order valence-electron chi connectivity index (χ0n) is 11.3. The van der Waals surface area contributed by atoms with Gasteiger partial charge >= 0.3 is 0 Å². The van der Waals surface area contributed by atoms with Crippen LogP contribution in [0.2, 0.25) is 0 Å². The highest BCUT2D eigenvalue weighted by atomic mass is 16.5. The molecule has 0 saturated carbocycles. The van der Waals surface area contributed by atoms with Crippen LogP contribution in [0.5, 0.6) is 5.75 Å². The third-order valence-corrected chi connectivity index (χ3v) is 2.96. The Kier molecular flexibility index (Phi) is 5.48. The van der Waals surface area contributed by atoms with Gasteiger partial charge in [0.1, 0.15) is 11.8 Å². The van der Waals surface area contributed by atoms with Gasteiger partial charge in [0.15, 0.2) is 0 Å². The van der Waals surface area contributed by atoms with Crippen LogP contribution in [-0.2, 0) is 4.79 Å². The summed E-state index contributed by atoms with van der Waals surface area (Å²) in [6, 6.07) is 3.85. The van der Waals surface area contributed by atoms with Gasteiger partial charge < -0.3 is 16.2 Å². The summed E-state index contributed by atoms with van der Waals surface area (Å²) in [7, 11) is 0. The second-order valence-corrected chi connectivity index (χ2v) is 4.80. The molecule has 0 aromatic heterocycles. The predicted molar refractivity (Wildman–Crippen MR) is 72.1 cm³/mol. The van der Waals surface area contributed by atoms with E-state index in [1.165, 1.54) is 29.7 Å². The zero-order chi connectivity index (χ0) is 15.3. The molecule has 20 heavy (non-hydrogen) atoms. The van der Waals surface area contributed by atoms with Gasteiger partial charge in [0.05, 0.1) is 0 Å². The molecule has 2 atom stereocenters. The molecule has 2 amide bonds. The maximum atomic E-state index is 12.0. The number of hydrogen-bond acceptors (Lipinski definition) is 5. The molecule has 0 radical (unpaired) electrons. The van der Waals surface area contributed by atoms with E-state index in [1.807, 2.05) is 0 Å². The molecule has 0 bridgehead atoms. The Balaban J connectivity index is 2.86. The van der Waals surface area contributed by atoms with Crippen molar-refractivity contribution in [2.75, 3.05) is 0 Å². The van der Waals surface area contributed by atoms with Crippen LogP contribution in [0, 0.1) is 5.92 Å². The van der Waals surface area contributed by atoms with Crippen LogP contribution in [0.4, 0.5) is 0 Å². The van der Waals surface area contributed by atoms with E-state index in [0.717, 1.165) is 0 Å². The Morgan fingerprint density at radius 3 is 2.20 bits per heavy atom. The Hall–Kier alpha value is -2.12. The normalized spacial score (nSPS) is 13.7. The first-order chi connectivity index (χ1) is 9.36. The number of benzene rings is 1. The van der Waals surface area contributed by atoms with Gasteiger partial charge in [-0.15, -0.1) is 0 Å². The molecule has 0 aliphatic heterocycles. The van der Waals surface area contributed by atoms with Crippen molar-refractivity contribution < 1.29 is 19.9 Å². The third kappa shape index (κ3) is 3.94. The average Bonchev–Trinajstić information content (AvgIpc) is 2.43. The molecule has 7 heteroatoms. The van der Waals surface area contributed by atoms with Gasteiger partial charge in [-0.1, -0.05) is 13.8 Å². The second kappa shape index (κ2) is 6.88. The largest absolute Gasteiger partial charge is 0.508 e. The van der Waals surface area contributed by atoms with Crippen molar-refractivity contribution in [3.8, 4) is 5.75 Å². The number of phenolic OH excluding ortho intramolecular Hbond substituents is 1. The number of hydroxylamine groups is 1. The molecule has 1 aromatic rings. The van der Waals surface area contributed by atoms with E-state index in [2.05, 4.69) is 5.32 Å². The minimum Gasteiger partial charge on any atom is -0.508 e. The molecular weight excluding hydrogens is 262 g/mol. The van der Waals surface area contributed by atoms with Crippen molar-refractivity contribution in [2.45, 2.75) is 25.9 Å². The summed E-state index contributed by atoms with van der Waals surface area (Å²) in [5, 5.41) is 20.3. The first kappa shape index (κ1) is 15.9. The van der Waals surface area contributed by atoms with Gasteiger partial charge in [0.25, 0.3) is 11.8 Å². The first-order valence-corrected chi connectivity index (χ1v) is 6.16. The Morgan fingerprint density at radius 2 is 1.75 bits per heavy atom. The minimum atomic E-state index is -1.05. The third-order valence-electron chi connectivity index (χ3n) is 2.96. The average molecular weight is 281 g/mol. The number of carbonyl (C=O) groups excluding carboxylic acids is 2. The summed E-state index contributed by atoms with van der Waals surface area (Å²) in [4.78, 5) is 23.6. The highest BCUT2D eigenvalue weighted by Gasteiger charge is 2.29. The van der Waals surface area contributed by atoms with Crippen molar-refractivity contribution in [3.05, 3.63) is 29.8 Å². The first-order valence-electron chi connectivity index (χ1n) is 6.16. The van der Waals surface area contributed by atoms with Gasteiger partial charge in [0, 0.05) is 11.6 Å². The van der Waals surface area contributed by atoms with Crippen LogP contribution in [0.15, 0.2) is 24.3 Å². The summed E-state index contributed by atoms with van der Waals surface area (Å²) in [5.41, 5.74) is 7.63. The lowest BCUT2D eigenvalue weighted by Crippen LogP contribution is -2.57. The number of aromatic hydroxyl groups is 1. The number of amides is 2. The maximum Gasteiger partial charge on any atom is 0.267 e. The molecule has 0 heterocycles. The minimum absolute atomic E-state index is 0.0325. The van der Waals surface area contributed by atoms with Crippen molar-refractivity contribution in [2.24, 2.45) is 11.7 Å². The van der Waals surface area contributed by atoms with E-state index in [1.54, 1.807) is 13.8 Å². The van der Waals surface area contributed by atoms with Crippen LogP contribution in [0.3, 0.4) is 0 Å². The Bertz CT molecular complexity index is 473. The monoisotopic (exact) mass is 281 g/mol.